The molecule has 0 amide bonds. The van der Waals surface area contributed by atoms with Gasteiger partial charge in [-0.1, -0.05) is 12.1 Å². The van der Waals surface area contributed by atoms with Crippen molar-refractivity contribution >= 4 is 18.6 Å². The van der Waals surface area contributed by atoms with E-state index in [1.165, 1.54) is 0 Å². The monoisotopic (exact) mass is 210 g/mol. The van der Waals surface area contributed by atoms with E-state index < -0.39 is 0 Å². The highest BCUT2D eigenvalue weighted by Gasteiger charge is 2.14. The van der Waals surface area contributed by atoms with Crippen molar-refractivity contribution in [3.8, 4) is 0 Å². The Kier molecular flexibility index (Phi) is 3.58. The van der Waals surface area contributed by atoms with E-state index in [2.05, 4.69) is 12.6 Å². The van der Waals surface area contributed by atoms with Crippen molar-refractivity contribution in [2.75, 3.05) is 0 Å². The fourth-order valence-electron chi connectivity index (χ4n) is 1.19. The van der Waals surface area contributed by atoms with Crippen LogP contribution in [0.3, 0.4) is 0 Å². The number of aryl methyl sites for hydroxylation is 1. The van der Waals surface area contributed by atoms with E-state index >= 15 is 0 Å². The van der Waals surface area contributed by atoms with Crippen LogP contribution in [0.5, 0.6) is 0 Å². The van der Waals surface area contributed by atoms with Crippen molar-refractivity contribution in [1.82, 2.24) is 0 Å². The van der Waals surface area contributed by atoms with E-state index in [1.807, 2.05) is 32.9 Å². The van der Waals surface area contributed by atoms with Crippen molar-refractivity contribution in [3.05, 3.63) is 29.3 Å². The van der Waals surface area contributed by atoms with Gasteiger partial charge >= 0.3 is 5.97 Å². The molecular formula is C11H14O2S. The maximum atomic E-state index is 11.6. The third-order valence-electron chi connectivity index (χ3n) is 1.80. The standard InChI is InChI=1S/C11H14O2S/c1-7(2)13-11(12)10-8(3)5-4-6-9(10)14/h4-7,14H,1-3H3. The lowest BCUT2D eigenvalue weighted by molar-refractivity contribution is 0.0373. The van der Waals surface area contributed by atoms with Gasteiger partial charge in [0.1, 0.15) is 0 Å². The van der Waals surface area contributed by atoms with Gasteiger partial charge in [-0.3, -0.25) is 0 Å². The first-order chi connectivity index (χ1) is 6.52. The molecule has 1 rings (SSSR count). The Morgan fingerprint density at radius 1 is 1.43 bits per heavy atom. The molecule has 0 unspecified atom stereocenters. The first-order valence-corrected chi connectivity index (χ1v) is 4.96. The summed E-state index contributed by atoms with van der Waals surface area (Å²) >= 11 is 4.23. The largest absolute Gasteiger partial charge is 0.459 e. The van der Waals surface area contributed by atoms with Crippen LogP contribution in [-0.4, -0.2) is 12.1 Å². The number of ether oxygens (including phenoxy) is 1. The topological polar surface area (TPSA) is 26.3 Å². The van der Waals surface area contributed by atoms with Gasteiger partial charge in [-0.15, -0.1) is 12.6 Å². The molecule has 0 bridgehead atoms. The van der Waals surface area contributed by atoms with E-state index in [-0.39, 0.29) is 12.1 Å². The first-order valence-electron chi connectivity index (χ1n) is 4.52. The van der Waals surface area contributed by atoms with Gasteiger partial charge in [0.25, 0.3) is 0 Å². The molecule has 14 heavy (non-hydrogen) atoms. The number of rotatable bonds is 2. The summed E-state index contributed by atoms with van der Waals surface area (Å²) in [6.07, 6.45) is -0.102. The summed E-state index contributed by atoms with van der Waals surface area (Å²) in [6, 6.07) is 5.52. The summed E-state index contributed by atoms with van der Waals surface area (Å²) < 4.78 is 5.11. The Morgan fingerprint density at radius 2 is 2.07 bits per heavy atom. The predicted molar refractivity (Wildman–Crippen MR) is 59.0 cm³/mol. The molecule has 0 atom stereocenters. The van der Waals surface area contributed by atoms with Gasteiger partial charge < -0.3 is 4.74 Å². The molecule has 0 aliphatic heterocycles. The summed E-state index contributed by atoms with van der Waals surface area (Å²) in [5, 5.41) is 0. The molecule has 0 aliphatic rings. The third-order valence-corrected chi connectivity index (χ3v) is 2.17. The van der Waals surface area contributed by atoms with Crippen LogP contribution in [0.1, 0.15) is 29.8 Å². The molecule has 76 valence electrons. The van der Waals surface area contributed by atoms with Gasteiger partial charge in [0.05, 0.1) is 11.7 Å². The molecular weight excluding hydrogens is 196 g/mol. The predicted octanol–water partition coefficient (Wildman–Crippen LogP) is 2.85. The molecule has 0 spiro atoms. The number of benzene rings is 1. The number of carbonyl (C=O) groups is 1. The smallest absolute Gasteiger partial charge is 0.339 e. The van der Waals surface area contributed by atoms with Gasteiger partial charge in [-0.05, 0) is 32.4 Å². The zero-order valence-electron chi connectivity index (χ0n) is 8.57. The average molecular weight is 210 g/mol. The number of carbonyl (C=O) groups excluding carboxylic acids is 1. The van der Waals surface area contributed by atoms with Crippen molar-refractivity contribution in [3.63, 3.8) is 0 Å². The highest BCUT2D eigenvalue weighted by Crippen LogP contribution is 2.19. The van der Waals surface area contributed by atoms with E-state index in [0.29, 0.717) is 10.5 Å². The molecule has 0 radical (unpaired) electrons. The molecule has 0 saturated heterocycles. The first kappa shape index (κ1) is 11.1. The number of hydrogen-bond acceptors (Lipinski definition) is 3. The van der Waals surface area contributed by atoms with Gasteiger partial charge in [0.15, 0.2) is 0 Å². The van der Waals surface area contributed by atoms with E-state index in [4.69, 9.17) is 4.74 Å². The molecule has 0 aromatic heterocycles. The van der Waals surface area contributed by atoms with Crippen molar-refractivity contribution < 1.29 is 9.53 Å². The molecule has 1 aromatic carbocycles. The van der Waals surface area contributed by atoms with Crippen LogP contribution in [0.4, 0.5) is 0 Å². The zero-order chi connectivity index (χ0) is 10.7. The second-order valence-corrected chi connectivity index (χ2v) is 3.90. The second kappa shape index (κ2) is 4.51. The van der Waals surface area contributed by atoms with Crippen molar-refractivity contribution in [2.45, 2.75) is 31.8 Å². The molecule has 2 nitrogen and oxygen atoms in total. The Hall–Kier alpha value is -0.960. The summed E-state index contributed by atoms with van der Waals surface area (Å²) in [5.41, 5.74) is 1.45. The summed E-state index contributed by atoms with van der Waals surface area (Å²) in [4.78, 5) is 12.3. The minimum absolute atomic E-state index is 0.102. The average Bonchev–Trinajstić information content (AvgIpc) is 2.01. The summed E-state index contributed by atoms with van der Waals surface area (Å²) in [5.74, 6) is -0.303. The normalized spacial score (nSPS) is 10.4. The van der Waals surface area contributed by atoms with Crippen molar-refractivity contribution in [2.24, 2.45) is 0 Å². The van der Waals surface area contributed by atoms with Gasteiger partial charge in [0.2, 0.25) is 0 Å². The summed E-state index contributed by atoms with van der Waals surface area (Å²) in [6.45, 7) is 5.53. The van der Waals surface area contributed by atoms with Gasteiger partial charge in [0, 0.05) is 4.90 Å². The third kappa shape index (κ3) is 2.51. The molecule has 3 heteroatoms. The maximum Gasteiger partial charge on any atom is 0.339 e. The number of esters is 1. The minimum atomic E-state index is -0.303. The molecule has 1 aromatic rings. The van der Waals surface area contributed by atoms with Gasteiger partial charge in [-0.2, -0.15) is 0 Å². The molecule has 0 aliphatic carbocycles. The fourth-order valence-corrected chi connectivity index (χ4v) is 1.54. The quantitative estimate of drug-likeness (QED) is 0.600. The lowest BCUT2D eigenvalue weighted by Crippen LogP contribution is -2.13. The minimum Gasteiger partial charge on any atom is -0.459 e. The van der Waals surface area contributed by atoms with E-state index in [1.54, 1.807) is 6.07 Å². The Balaban J connectivity index is 3.00. The maximum absolute atomic E-state index is 11.6. The molecule has 0 N–H and O–H groups in total. The Bertz CT molecular complexity index is 325. The Morgan fingerprint density at radius 3 is 2.57 bits per heavy atom. The van der Waals surface area contributed by atoms with Crippen LogP contribution < -0.4 is 0 Å². The van der Waals surface area contributed by atoms with Crippen molar-refractivity contribution in [1.29, 1.82) is 0 Å². The SMILES string of the molecule is Cc1cccc(S)c1C(=O)OC(C)C. The zero-order valence-corrected chi connectivity index (χ0v) is 9.47. The number of hydrogen-bond donors (Lipinski definition) is 1. The van der Waals surface area contributed by atoms with E-state index in [0.717, 1.165) is 5.56 Å². The van der Waals surface area contributed by atoms with Crippen LogP contribution in [0, 0.1) is 6.92 Å². The lowest BCUT2D eigenvalue weighted by Gasteiger charge is -2.11. The second-order valence-electron chi connectivity index (χ2n) is 3.42. The van der Waals surface area contributed by atoms with Crippen LogP contribution >= 0.6 is 12.6 Å². The number of thiol groups is 1. The molecule has 0 fully saturated rings. The molecule has 0 heterocycles. The van der Waals surface area contributed by atoms with Gasteiger partial charge in [-0.25, -0.2) is 4.79 Å². The van der Waals surface area contributed by atoms with Crippen LogP contribution in [0.25, 0.3) is 0 Å². The van der Waals surface area contributed by atoms with Crippen LogP contribution in [-0.2, 0) is 4.74 Å². The van der Waals surface area contributed by atoms with E-state index in [9.17, 15) is 4.79 Å². The van der Waals surface area contributed by atoms with Crippen LogP contribution in [0.2, 0.25) is 0 Å². The highest BCUT2D eigenvalue weighted by molar-refractivity contribution is 7.80. The fraction of sp³-hybridized carbons (Fsp3) is 0.364. The molecule has 0 saturated carbocycles. The Labute approximate surface area is 89.7 Å². The summed E-state index contributed by atoms with van der Waals surface area (Å²) in [7, 11) is 0. The highest BCUT2D eigenvalue weighted by atomic mass is 32.1. The lowest BCUT2D eigenvalue weighted by atomic mass is 10.1. The van der Waals surface area contributed by atoms with Crippen LogP contribution in [0.15, 0.2) is 23.1 Å².